The van der Waals surface area contributed by atoms with Gasteiger partial charge in [0, 0.05) is 27.6 Å². The molecule has 0 aliphatic rings. The van der Waals surface area contributed by atoms with Crippen molar-refractivity contribution in [3.05, 3.63) is 109 Å². The van der Waals surface area contributed by atoms with E-state index >= 15 is 0 Å². The average molecular weight is 425 g/mol. The Morgan fingerprint density at radius 1 is 0.515 bits per heavy atom. The molecular weight excluding hydrogens is 404 g/mol. The maximum absolute atomic E-state index is 4.73. The molecule has 0 aliphatic heterocycles. The minimum atomic E-state index is 0.858. The first-order chi connectivity index (χ1) is 16.3. The fraction of sp³-hybridized carbons (Fsp3) is 0.0345. The van der Waals surface area contributed by atoms with Crippen molar-refractivity contribution in [2.75, 3.05) is 0 Å². The molecule has 0 aliphatic carbocycles. The molecule has 0 atom stereocenters. The predicted molar refractivity (Wildman–Crippen MR) is 135 cm³/mol. The second-order valence-electron chi connectivity index (χ2n) is 8.43. The summed E-state index contributed by atoms with van der Waals surface area (Å²) in [6, 6.07) is 34.1. The largest absolute Gasteiger partial charge is 0.294 e. The van der Waals surface area contributed by atoms with Gasteiger partial charge in [0.15, 0.2) is 0 Å². The number of aromatic nitrogens is 4. The van der Waals surface area contributed by atoms with Crippen LogP contribution in [0.25, 0.3) is 55.2 Å². The van der Waals surface area contributed by atoms with Crippen LogP contribution in [-0.2, 0) is 0 Å². The van der Waals surface area contributed by atoms with Gasteiger partial charge in [-0.2, -0.15) is 0 Å². The van der Waals surface area contributed by atoms with Crippen LogP contribution in [-0.4, -0.2) is 19.1 Å². The van der Waals surface area contributed by atoms with E-state index in [1.54, 1.807) is 6.33 Å². The van der Waals surface area contributed by atoms with Crippen molar-refractivity contribution in [3.8, 4) is 11.6 Å². The summed E-state index contributed by atoms with van der Waals surface area (Å²) in [5.41, 5.74) is 5.84. The van der Waals surface area contributed by atoms with Crippen LogP contribution in [0.2, 0.25) is 0 Å². The van der Waals surface area contributed by atoms with Crippen LogP contribution >= 0.6 is 0 Å². The molecule has 4 nitrogen and oxygen atoms in total. The van der Waals surface area contributed by atoms with Crippen molar-refractivity contribution >= 4 is 43.6 Å². The Morgan fingerprint density at radius 2 is 1.00 bits per heavy atom. The number of fused-ring (bicyclic) bond motifs is 6. The van der Waals surface area contributed by atoms with Gasteiger partial charge in [0.1, 0.15) is 18.0 Å². The standard InChI is InChI=1S/C29H20N4/c1-19-9-8-13-23-22-12-4-7-16-26(22)33(29(19)23)28-17-27(30-18-31-28)32-24-14-5-2-10-20(24)21-11-3-6-15-25(21)32/h2-18H,1H3. The maximum Gasteiger partial charge on any atom is 0.143 e. The van der Waals surface area contributed by atoms with Gasteiger partial charge in [-0.25, -0.2) is 9.97 Å². The van der Waals surface area contributed by atoms with Crippen LogP contribution in [0.15, 0.2) is 103 Å². The summed E-state index contributed by atoms with van der Waals surface area (Å²) in [6.45, 7) is 2.16. The van der Waals surface area contributed by atoms with Crippen LogP contribution in [0.3, 0.4) is 0 Å². The van der Waals surface area contributed by atoms with Gasteiger partial charge in [0.05, 0.1) is 22.1 Å². The Kier molecular flexibility index (Phi) is 3.73. The molecule has 156 valence electrons. The van der Waals surface area contributed by atoms with Gasteiger partial charge in [0.25, 0.3) is 0 Å². The molecule has 0 unspecified atom stereocenters. The number of para-hydroxylation sites is 4. The van der Waals surface area contributed by atoms with E-state index in [1.165, 1.54) is 32.6 Å². The van der Waals surface area contributed by atoms with Crippen molar-refractivity contribution in [1.82, 2.24) is 19.1 Å². The van der Waals surface area contributed by atoms with Crippen molar-refractivity contribution in [3.63, 3.8) is 0 Å². The van der Waals surface area contributed by atoms with Crippen molar-refractivity contribution in [2.24, 2.45) is 0 Å². The SMILES string of the molecule is Cc1cccc2c3ccccc3n(-c3cc(-n4c5ccccc5c5ccccc54)ncn3)c12. The molecule has 0 spiro atoms. The van der Waals surface area contributed by atoms with Gasteiger partial charge in [-0.3, -0.25) is 9.13 Å². The molecule has 0 amide bonds. The first-order valence-electron chi connectivity index (χ1n) is 11.1. The quantitative estimate of drug-likeness (QED) is 0.300. The van der Waals surface area contributed by atoms with Crippen LogP contribution in [0.1, 0.15) is 5.56 Å². The molecule has 4 heteroatoms. The van der Waals surface area contributed by atoms with E-state index in [-0.39, 0.29) is 0 Å². The smallest absolute Gasteiger partial charge is 0.143 e. The molecule has 0 bridgehead atoms. The molecule has 3 heterocycles. The fourth-order valence-electron chi connectivity index (χ4n) is 5.18. The normalized spacial score (nSPS) is 11.8. The lowest BCUT2D eigenvalue weighted by atomic mass is 10.1. The first kappa shape index (κ1) is 18.2. The minimum Gasteiger partial charge on any atom is -0.294 e. The van der Waals surface area contributed by atoms with E-state index in [2.05, 4.69) is 113 Å². The summed E-state index contributed by atoms with van der Waals surface area (Å²) in [6.07, 6.45) is 1.67. The molecule has 0 N–H and O–H groups in total. The summed E-state index contributed by atoms with van der Waals surface area (Å²) in [5, 5.41) is 4.91. The van der Waals surface area contributed by atoms with E-state index in [4.69, 9.17) is 9.97 Å². The molecule has 3 aromatic heterocycles. The highest BCUT2D eigenvalue weighted by Gasteiger charge is 2.17. The topological polar surface area (TPSA) is 35.6 Å². The Bertz CT molecular complexity index is 1780. The zero-order chi connectivity index (χ0) is 21.9. The van der Waals surface area contributed by atoms with Crippen LogP contribution in [0, 0.1) is 6.92 Å². The van der Waals surface area contributed by atoms with E-state index < -0.39 is 0 Å². The third-order valence-corrected chi connectivity index (χ3v) is 6.57. The molecule has 7 rings (SSSR count). The monoisotopic (exact) mass is 424 g/mol. The minimum absolute atomic E-state index is 0.858. The van der Waals surface area contributed by atoms with Gasteiger partial charge in [-0.1, -0.05) is 72.8 Å². The van der Waals surface area contributed by atoms with Gasteiger partial charge in [0.2, 0.25) is 0 Å². The lowest BCUT2D eigenvalue weighted by Crippen LogP contribution is -2.03. The molecule has 4 aromatic carbocycles. The second kappa shape index (κ2) is 6.78. The molecule has 33 heavy (non-hydrogen) atoms. The highest BCUT2D eigenvalue weighted by Crippen LogP contribution is 2.35. The van der Waals surface area contributed by atoms with E-state index in [0.717, 1.165) is 28.2 Å². The number of nitrogens with zero attached hydrogens (tertiary/aromatic N) is 4. The van der Waals surface area contributed by atoms with Crippen LogP contribution in [0.4, 0.5) is 0 Å². The zero-order valence-corrected chi connectivity index (χ0v) is 18.1. The number of rotatable bonds is 2. The second-order valence-corrected chi connectivity index (χ2v) is 8.43. The maximum atomic E-state index is 4.73. The van der Waals surface area contributed by atoms with Crippen molar-refractivity contribution in [2.45, 2.75) is 6.92 Å². The predicted octanol–water partition coefficient (Wildman–Crippen LogP) is 6.98. The molecular formula is C29H20N4. The summed E-state index contributed by atoms with van der Waals surface area (Å²) in [5.74, 6) is 1.72. The van der Waals surface area contributed by atoms with Crippen molar-refractivity contribution in [1.29, 1.82) is 0 Å². The van der Waals surface area contributed by atoms with Gasteiger partial charge >= 0.3 is 0 Å². The number of hydrogen-bond donors (Lipinski definition) is 0. The zero-order valence-electron chi connectivity index (χ0n) is 18.1. The third-order valence-electron chi connectivity index (χ3n) is 6.57. The van der Waals surface area contributed by atoms with Crippen LogP contribution in [0.5, 0.6) is 0 Å². The lowest BCUT2D eigenvalue weighted by Gasteiger charge is -2.11. The average Bonchev–Trinajstić information content (AvgIpc) is 3.38. The Labute approximate surface area is 190 Å². The molecule has 0 saturated carbocycles. The fourth-order valence-corrected chi connectivity index (χ4v) is 5.18. The van der Waals surface area contributed by atoms with Crippen LogP contribution < -0.4 is 0 Å². The molecule has 7 aromatic rings. The third kappa shape index (κ3) is 2.52. The van der Waals surface area contributed by atoms with Gasteiger partial charge in [-0.15, -0.1) is 0 Å². The Morgan fingerprint density at radius 3 is 1.64 bits per heavy atom. The van der Waals surface area contributed by atoms with Gasteiger partial charge < -0.3 is 0 Å². The summed E-state index contributed by atoms with van der Waals surface area (Å²) < 4.78 is 4.50. The van der Waals surface area contributed by atoms with E-state index in [9.17, 15) is 0 Å². The number of hydrogen-bond acceptors (Lipinski definition) is 2. The van der Waals surface area contributed by atoms with Gasteiger partial charge in [-0.05, 0) is 30.7 Å². The molecule has 0 saturated heterocycles. The van der Waals surface area contributed by atoms with E-state index in [1.807, 2.05) is 0 Å². The summed E-state index contributed by atoms with van der Waals surface area (Å²) >= 11 is 0. The molecule has 0 fully saturated rings. The lowest BCUT2D eigenvalue weighted by molar-refractivity contribution is 0.985. The van der Waals surface area contributed by atoms with Crippen molar-refractivity contribution < 1.29 is 0 Å². The molecule has 0 radical (unpaired) electrons. The summed E-state index contributed by atoms with van der Waals surface area (Å²) in [7, 11) is 0. The Balaban J connectivity index is 1.57. The Hall–Kier alpha value is -4.44. The number of aryl methyl sites for hydroxylation is 1. The number of benzene rings is 4. The highest BCUT2D eigenvalue weighted by atomic mass is 15.1. The summed E-state index contributed by atoms with van der Waals surface area (Å²) in [4.78, 5) is 9.44. The first-order valence-corrected chi connectivity index (χ1v) is 11.1. The highest BCUT2D eigenvalue weighted by molar-refractivity contribution is 6.10. The van der Waals surface area contributed by atoms with E-state index in [0.29, 0.717) is 0 Å².